The molecule has 2 aromatic heterocycles. The molecular formula is C23H22FN5O2S. The number of nitrogens with zero attached hydrogens (tertiary/aromatic N) is 4. The number of nitrogens with one attached hydrogen (secondary N) is 1. The van der Waals surface area contributed by atoms with Crippen molar-refractivity contribution in [2.75, 3.05) is 5.32 Å². The van der Waals surface area contributed by atoms with E-state index < -0.39 is 11.7 Å². The van der Waals surface area contributed by atoms with Gasteiger partial charge < -0.3 is 5.32 Å². The summed E-state index contributed by atoms with van der Waals surface area (Å²) in [7, 11) is 0. The number of amides is 1. The molecule has 0 aliphatic rings. The molecule has 7 nitrogen and oxygen atoms in total. The van der Waals surface area contributed by atoms with Gasteiger partial charge in [0, 0.05) is 28.8 Å². The van der Waals surface area contributed by atoms with Crippen LogP contribution in [0, 0.1) is 12.7 Å². The van der Waals surface area contributed by atoms with E-state index in [4.69, 9.17) is 0 Å². The minimum atomic E-state index is -0.422. The molecule has 0 fully saturated rings. The molecule has 0 saturated carbocycles. The molecule has 2 aromatic carbocycles. The van der Waals surface area contributed by atoms with Gasteiger partial charge in [0.05, 0.1) is 11.4 Å². The quantitative estimate of drug-likeness (QED) is 0.424. The van der Waals surface area contributed by atoms with Gasteiger partial charge in [-0.05, 0) is 43.2 Å². The number of halogens is 1. The second kappa shape index (κ2) is 9.35. The van der Waals surface area contributed by atoms with Crippen molar-refractivity contribution in [3.05, 3.63) is 87.9 Å². The van der Waals surface area contributed by atoms with Crippen molar-refractivity contribution in [3.63, 3.8) is 0 Å². The van der Waals surface area contributed by atoms with E-state index in [1.54, 1.807) is 36.1 Å². The van der Waals surface area contributed by atoms with Crippen LogP contribution >= 0.6 is 11.8 Å². The molecule has 164 valence electrons. The standard InChI is InChI=1S/C23H22FN5O2S/c1-3-10-28-14-25-23-26-17(12-21(30)29(23)28)13-32-20-7-5-4-6-19(20)27-22(31)16-9-8-15(2)18(24)11-16/h4-9,11-12,14H,3,10,13H2,1-2H3,(H,27,31). The Balaban J connectivity index is 1.52. The summed E-state index contributed by atoms with van der Waals surface area (Å²) in [4.78, 5) is 34.7. The van der Waals surface area contributed by atoms with E-state index in [0.29, 0.717) is 35.0 Å². The Morgan fingerprint density at radius 2 is 2.00 bits per heavy atom. The number of rotatable bonds is 7. The topological polar surface area (TPSA) is 81.3 Å². The molecule has 0 unspecified atom stereocenters. The predicted molar refractivity (Wildman–Crippen MR) is 123 cm³/mol. The summed E-state index contributed by atoms with van der Waals surface area (Å²) >= 11 is 1.44. The Bertz CT molecular complexity index is 1350. The normalized spacial score (nSPS) is 11.1. The molecule has 2 heterocycles. The molecule has 4 aromatic rings. The molecule has 0 aliphatic carbocycles. The third-order valence-corrected chi connectivity index (χ3v) is 6.00. The van der Waals surface area contributed by atoms with Crippen LogP contribution in [0.4, 0.5) is 10.1 Å². The largest absolute Gasteiger partial charge is 0.321 e. The fraction of sp³-hybridized carbons (Fsp3) is 0.217. The Morgan fingerprint density at radius 1 is 1.19 bits per heavy atom. The van der Waals surface area contributed by atoms with E-state index in [9.17, 15) is 14.0 Å². The highest BCUT2D eigenvalue weighted by Crippen LogP contribution is 2.29. The van der Waals surface area contributed by atoms with Crippen LogP contribution in [0.2, 0.25) is 0 Å². The molecule has 32 heavy (non-hydrogen) atoms. The lowest BCUT2D eigenvalue weighted by Crippen LogP contribution is -2.21. The maximum absolute atomic E-state index is 13.8. The number of hydrogen-bond donors (Lipinski definition) is 1. The number of benzene rings is 2. The monoisotopic (exact) mass is 451 g/mol. The Kier molecular flexibility index (Phi) is 6.36. The Hall–Kier alpha value is -3.46. The van der Waals surface area contributed by atoms with E-state index in [0.717, 1.165) is 11.3 Å². The zero-order chi connectivity index (χ0) is 22.7. The van der Waals surface area contributed by atoms with Crippen LogP contribution < -0.4 is 10.9 Å². The molecule has 0 bridgehead atoms. The molecule has 0 saturated heterocycles. The summed E-state index contributed by atoms with van der Waals surface area (Å²) in [5.74, 6) is -0.0199. The van der Waals surface area contributed by atoms with Crippen LogP contribution in [0.25, 0.3) is 5.78 Å². The molecule has 0 radical (unpaired) electrons. The number of aryl methyl sites for hydroxylation is 2. The van der Waals surface area contributed by atoms with Crippen molar-refractivity contribution in [2.45, 2.75) is 37.5 Å². The number of anilines is 1. The van der Waals surface area contributed by atoms with Crippen molar-refractivity contribution in [1.82, 2.24) is 19.2 Å². The fourth-order valence-corrected chi connectivity index (χ4v) is 4.14. The predicted octanol–water partition coefficient (Wildman–Crippen LogP) is 4.29. The summed E-state index contributed by atoms with van der Waals surface area (Å²) < 4.78 is 17.0. The van der Waals surface area contributed by atoms with Crippen molar-refractivity contribution < 1.29 is 9.18 Å². The van der Waals surface area contributed by atoms with Gasteiger partial charge in [0.1, 0.15) is 12.1 Å². The summed E-state index contributed by atoms with van der Waals surface area (Å²) in [5.41, 5.74) is 1.75. The number of hydrogen-bond acceptors (Lipinski definition) is 5. The lowest BCUT2D eigenvalue weighted by molar-refractivity contribution is 0.102. The smallest absolute Gasteiger partial charge is 0.274 e. The summed E-state index contributed by atoms with van der Waals surface area (Å²) in [6.07, 6.45) is 2.50. The molecule has 0 atom stereocenters. The number of carbonyl (C=O) groups excluding carboxylic acids is 1. The first-order chi connectivity index (χ1) is 15.5. The van der Waals surface area contributed by atoms with Crippen LogP contribution in [-0.2, 0) is 12.3 Å². The number of para-hydroxylation sites is 1. The minimum absolute atomic E-state index is 0.181. The van der Waals surface area contributed by atoms with Crippen LogP contribution in [0.15, 0.2) is 64.5 Å². The van der Waals surface area contributed by atoms with Crippen molar-refractivity contribution >= 4 is 29.1 Å². The first-order valence-corrected chi connectivity index (χ1v) is 11.2. The van der Waals surface area contributed by atoms with Crippen LogP contribution in [0.5, 0.6) is 0 Å². The first kappa shape index (κ1) is 21.8. The number of thioether (sulfide) groups is 1. The molecule has 1 N–H and O–H groups in total. The molecule has 4 rings (SSSR count). The van der Waals surface area contributed by atoms with Crippen LogP contribution in [0.1, 0.15) is 35.0 Å². The van der Waals surface area contributed by atoms with Crippen molar-refractivity contribution in [1.29, 1.82) is 0 Å². The highest BCUT2D eigenvalue weighted by Gasteiger charge is 2.13. The average molecular weight is 452 g/mol. The van der Waals surface area contributed by atoms with Gasteiger partial charge >= 0.3 is 0 Å². The SMILES string of the molecule is CCCn1cnc2nc(CSc3ccccc3NC(=O)c3ccc(C)c(F)c3)cc(=O)n21. The average Bonchev–Trinajstić information content (AvgIpc) is 3.18. The lowest BCUT2D eigenvalue weighted by atomic mass is 10.1. The molecule has 9 heteroatoms. The third kappa shape index (κ3) is 4.57. The lowest BCUT2D eigenvalue weighted by Gasteiger charge is -2.11. The number of carbonyl (C=O) groups is 1. The molecule has 1 amide bonds. The van der Waals surface area contributed by atoms with Gasteiger partial charge in [-0.1, -0.05) is 25.1 Å². The van der Waals surface area contributed by atoms with Crippen LogP contribution in [0.3, 0.4) is 0 Å². The number of aromatic nitrogens is 4. The number of fused-ring (bicyclic) bond motifs is 1. The van der Waals surface area contributed by atoms with Gasteiger partial charge in [0.15, 0.2) is 0 Å². The molecule has 0 aliphatic heterocycles. The van der Waals surface area contributed by atoms with Gasteiger partial charge in [0.25, 0.3) is 17.2 Å². The second-order valence-electron chi connectivity index (χ2n) is 7.31. The Morgan fingerprint density at radius 3 is 2.78 bits per heavy atom. The van der Waals surface area contributed by atoms with Gasteiger partial charge in [-0.3, -0.25) is 14.3 Å². The fourth-order valence-electron chi connectivity index (χ4n) is 3.24. The summed E-state index contributed by atoms with van der Waals surface area (Å²) in [6.45, 7) is 4.36. The second-order valence-corrected chi connectivity index (χ2v) is 8.33. The van der Waals surface area contributed by atoms with E-state index >= 15 is 0 Å². The van der Waals surface area contributed by atoms with E-state index in [2.05, 4.69) is 15.3 Å². The highest BCUT2D eigenvalue weighted by atomic mass is 32.2. The van der Waals surface area contributed by atoms with Gasteiger partial charge in [-0.25, -0.2) is 9.37 Å². The van der Waals surface area contributed by atoms with Gasteiger partial charge in [-0.2, -0.15) is 9.50 Å². The zero-order valence-corrected chi connectivity index (χ0v) is 18.5. The van der Waals surface area contributed by atoms with E-state index in [1.807, 2.05) is 25.1 Å². The van der Waals surface area contributed by atoms with Gasteiger partial charge in [0.2, 0.25) is 0 Å². The third-order valence-electron chi connectivity index (χ3n) is 4.89. The highest BCUT2D eigenvalue weighted by molar-refractivity contribution is 7.98. The zero-order valence-electron chi connectivity index (χ0n) is 17.7. The summed E-state index contributed by atoms with van der Waals surface area (Å²) in [6, 6.07) is 13.2. The maximum atomic E-state index is 13.8. The Labute approximate surface area is 188 Å². The van der Waals surface area contributed by atoms with Gasteiger partial charge in [-0.15, -0.1) is 11.8 Å². The molecular weight excluding hydrogens is 429 g/mol. The minimum Gasteiger partial charge on any atom is -0.321 e. The van der Waals surface area contributed by atoms with Crippen molar-refractivity contribution in [3.8, 4) is 0 Å². The van der Waals surface area contributed by atoms with Crippen LogP contribution in [-0.4, -0.2) is 25.1 Å². The van der Waals surface area contributed by atoms with E-state index in [1.165, 1.54) is 28.4 Å². The van der Waals surface area contributed by atoms with Crippen molar-refractivity contribution in [2.24, 2.45) is 0 Å². The van der Waals surface area contributed by atoms with E-state index in [-0.39, 0.29) is 11.1 Å². The molecule has 0 spiro atoms. The first-order valence-electron chi connectivity index (χ1n) is 10.2. The summed E-state index contributed by atoms with van der Waals surface area (Å²) in [5, 5.41) is 2.84. The maximum Gasteiger partial charge on any atom is 0.274 e.